The van der Waals surface area contributed by atoms with Crippen LogP contribution in [0.1, 0.15) is 370 Å². The number of aliphatic hydroxyl groups is 1. The predicted molar refractivity (Wildman–Crippen MR) is 377 cm³/mol. The van der Waals surface area contributed by atoms with Crippen molar-refractivity contribution in [2.24, 2.45) is 23.7 Å². The Morgan fingerprint density at radius 3 is 0.667 bits per heavy atom. The van der Waals surface area contributed by atoms with Crippen molar-refractivity contribution < 1.29 is 80.2 Å². The zero-order valence-corrected chi connectivity index (χ0v) is 62.7. The van der Waals surface area contributed by atoms with E-state index in [2.05, 4.69) is 55.4 Å². The van der Waals surface area contributed by atoms with E-state index in [1.54, 1.807) is 0 Å². The molecule has 0 aromatic rings. The van der Waals surface area contributed by atoms with Gasteiger partial charge in [-0.25, -0.2) is 9.13 Å². The fourth-order valence-electron chi connectivity index (χ4n) is 11.2. The number of phosphoric ester groups is 2. The highest BCUT2D eigenvalue weighted by Gasteiger charge is 2.30. The molecule has 0 bridgehead atoms. The Hall–Kier alpha value is -1.94. The summed E-state index contributed by atoms with van der Waals surface area (Å²) < 4.78 is 68.3. The van der Waals surface area contributed by atoms with E-state index in [0.29, 0.717) is 37.5 Å². The first-order chi connectivity index (χ1) is 44.6. The molecule has 17 nitrogen and oxygen atoms in total. The SMILES string of the molecule is CC(C)CCCCCCCCCCCCCCCCCCC(=O)O[C@H](COC(=O)CCCCCCCCC(C)C)COP(=O)(O)OCC(O)COP(=O)(O)OC[C@@H](COC(=O)CCCCCCCCCCCCCCCC(C)C)OC(=O)CCCCCCCCC(C)C. The van der Waals surface area contributed by atoms with Gasteiger partial charge in [-0.1, -0.05) is 319 Å². The number of carbonyl (C=O) groups is 4. The summed E-state index contributed by atoms with van der Waals surface area (Å²) in [5.74, 6) is 0.819. The van der Waals surface area contributed by atoms with Crippen LogP contribution in [0.5, 0.6) is 0 Å². The van der Waals surface area contributed by atoms with Crippen LogP contribution in [0.3, 0.4) is 0 Å². The van der Waals surface area contributed by atoms with E-state index < -0.39 is 97.5 Å². The van der Waals surface area contributed by atoms with Gasteiger partial charge >= 0.3 is 39.5 Å². The van der Waals surface area contributed by atoms with Crippen molar-refractivity contribution in [3.63, 3.8) is 0 Å². The van der Waals surface area contributed by atoms with Gasteiger partial charge in [0.05, 0.1) is 26.4 Å². The number of unbranched alkanes of at least 4 members (excludes halogenated alkanes) is 37. The summed E-state index contributed by atoms with van der Waals surface area (Å²) in [6.45, 7) is 14.1. The van der Waals surface area contributed by atoms with Crippen LogP contribution in [0, 0.1) is 23.7 Å². The smallest absolute Gasteiger partial charge is 0.462 e. The normalized spacial score (nSPS) is 14.2. The molecule has 19 heteroatoms. The van der Waals surface area contributed by atoms with Crippen molar-refractivity contribution in [2.45, 2.75) is 388 Å². The lowest BCUT2D eigenvalue weighted by atomic mass is 10.0. The lowest BCUT2D eigenvalue weighted by molar-refractivity contribution is -0.161. The van der Waals surface area contributed by atoms with E-state index in [0.717, 1.165) is 108 Å². The molecular formula is C74H144O17P2. The molecule has 0 aromatic carbocycles. The average Bonchev–Trinajstić information content (AvgIpc) is 1.60. The molecule has 3 N–H and O–H groups in total. The molecule has 0 radical (unpaired) electrons. The zero-order valence-electron chi connectivity index (χ0n) is 60.9. The number of ether oxygens (including phenoxy) is 4. The molecular weight excluding hydrogens is 1220 g/mol. The predicted octanol–water partition coefficient (Wildman–Crippen LogP) is 21.3. The Morgan fingerprint density at radius 1 is 0.269 bits per heavy atom. The monoisotopic (exact) mass is 1370 g/mol. The van der Waals surface area contributed by atoms with Crippen LogP contribution in [0.2, 0.25) is 0 Å². The van der Waals surface area contributed by atoms with Gasteiger partial charge < -0.3 is 33.8 Å². The van der Waals surface area contributed by atoms with Crippen LogP contribution in [0.15, 0.2) is 0 Å². The third-order valence-electron chi connectivity index (χ3n) is 17.1. The maximum atomic E-state index is 13.0. The maximum Gasteiger partial charge on any atom is 0.472 e. The van der Waals surface area contributed by atoms with Gasteiger partial charge in [-0.05, 0) is 49.4 Å². The number of carbonyl (C=O) groups excluding carboxylic acids is 4. The molecule has 0 heterocycles. The summed E-state index contributed by atoms with van der Waals surface area (Å²) in [5.41, 5.74) is 0. The summed E-state index contributed by atoms with van der Waals surface area (Å²) in [7, 11) is -9.91. The van der Waals surface area contributed by atoms with Gasteiger partial charge in [0, 0.05) is 25.7 Å². The average molecular weight is 1370 g/mol. The first kappa shape index (κ1) is 91.1. The minimum Gasteiger partial charge on any atom is -0.462 e. The minimum absolute atomic E-state index is 0.102. The van der Waals surface area contributed by atoms with Gasteiger partial charge in [-0.15, -0.1) is 0 Å². The molecule has 3 unspecified atom stereocenters. The Bertz CT molecular complexity index is 1830. The largest absolute Gasteiger partial charge is 0.472 e. The Balaban J connectivity index is 5.15. The molecule has 0 aliphatic carbocycles. The summed E-state index contributed by atoms with van der Waals surface area (Å²) >= 11 is 0. The van der Waals surface area contributed by atoms with Crippen LogP contribution in [0.4, 0.5) is 0 Å². The third kappa shape index (κ3) is 68.4. The van der Waals surface area contributed by atoms with Crippen LogP contribution in [-0.2, 0) is 65.4 Å². The molecule has 0 aromatic heterocycles. The Morgan fingerprint density at radius 2 is 0.452 bits per heavy atom. The van der Waals surface area contributed by atoms with Crippen molar-refractivity contribution in [2.75, 3.05) is 39.6 Å². The Labute approximate surface area is 568 Å². The number of hydrogen-bond acceptors (Lipinski definition) is 15. The molecule has 0 rings (SSSR count). The molecule has 0 aliphatic rings. The van der Waals surface area contributed by atoms with Gasteiger partial charge in [0.2, 0.25) is 0 Å². The molecule has 93 heavy (non-hydrogen) atoms. The summed E-state index contributed by atoms with van der Waals surface area (Å²) in [5, 5.41) is 10.6. The summed E-state index contributed by atoms with van der Waals surface area (Å²) in [6.07, 6.45) is 47.6. The highest BCUT2D eigenvalue weighted by molar-refractivity contribution is 7.47. The second kappa shape index (κ2) is 63.5. The lowest BCUT2D eigenvalue weighted by Gasteiger charge is -2.21. The standard InChI is InChI=1S/C74H144O17P2/c1-64(2)50-42-34-26-22-18-14-11-9-10-12-16-21-25-29-40-48-56-73(78)90-69(61-85-72(77)55-47-39-32-30-36-44-52-66(5)6)62-88-92(80,81)86-58-68(75)59-87-93(82,83)89-63-70(91-74(79)57-49-41-33-31-37-45-53-67(7)8)60-84-71(76)54-46-38-28-24-20-17-13-15-19-23-27-35-43-51-65(3)4/h64-70,75H,9-63H2,1-8H3,(H,80,81)(H,82,83)/t68?,69-,70-/m1/s1. The second-order valence-electron chi connectivity index (χ2n) is 28.6. The number of phosphoric acid groups is 2. The maximum absolute atomic E-state index is 13.0. The molecule has 0 amide bonds. The van der Waals surface area contributed by atoms with Crippen LogP contribution < -0.4 is 0 Å². The van der Waals surface area contributed by atoms with E-state index in [9.17, 15) is 43.2 Å². The highest BCUT2D eigenvalue weighted by atomic mass is 31.2. The first-order valence-corrected chi connectivity index (χ1v) is 41.2. The fourth-order valence-corrected chi connectivity index (χ4v) is 12.8. The molecule has 5 atom stereocenters. The van der Waals surface area contributed by atoms with E-state index in [1.807, 2.05) is 0 Å². The summed E-state index contributed by atoms with van der Waals surface area (Å²) in [6, 6.07) is 0. The van der Waals surface area contributed by atoms with E-state index >= 15 is 0 Å². The van der Waals surface area contributed by atoms with Crippen LogP contribution in [-0.4, -0.2) is 96.7 Å². The van der Waals surface area contributed by atoms with E-state index in [4.69, 9.17) is 37.0 Å². The minimum atomic E-state index is -4.95. The molecule has 0 fully saturated rings. The van der Waals surface area contributed by atoms with Crippen molar-refractivity contribution in [1.29, 1.82) is 0 Å². The molecule has 0 saturated heterocycles. The molecule has 552 valence electrons. The van der Waals surface area contributed by atoms with Crippen molar-refractivity contribution in [3.8, 4) is 0 Å². The fraction of sp³-hybridized carbons (Fsp3) is 0.946. The number of aliphatic hydroxyl groups excluding tert-OH is 1. The first-order valence-electron chi connectivity index (χ1n) is 38.2. The van der Waals surface area contributed by atoms with Gasteiger partial charge in [-0.3, -0.25) is 37.3 Å². The van der Waals surface area contributed by atoms with Gasteiger partial charge in [0.1, 0.15) is 19.3 Å². The van der Waals surface area contributed by atoms with E-state index in [-0.39, 0.29) is 25.7 Å². The third-order valence-corrected chi connectivity index (χ3v) is 19.0. The van der Waals surface area contributed by atoms with Gasteiger partial charge in [0.25, 0.3) is 0 Å². The molecule has 0 aliphatic heterocycles. The Kier molecular flexibility index (Phi) is 62.2. The second-order valence-corrected chi connectivity index (χ2v) is 31.5. The molecule has 0 spiro atoms. The van der Waals surface area contributed by atoms with Crippen molar-refractivity contribution in [3.05, 3.63) is 0 Å². The van der Waals surface area contributed by atoms with Crippen LogP contribution in [0.25, 0.3) is 0 Å². The van der Waals surface area contributed by atoms with Gasteiger partial charge in [-0.2, -0.15) is 0 Å². The lowest BCUT2D eigenvalue weighted by Crippen LogP contribution is -2.30. The highest BCUT2D eigenvalue weighted by Crippen LogP contribution is 2.45. The quantitative estimate of drug-likeness (QED) is 0.0222. The zero-order chi connectivity index (χ0) is 68.9. The van der Waals surface area contributed by atoms with Crippen LogP contribution >= 0.6 is 15.6 Å². The number of hydrogen-bond donors (Lipinski definition) is 3. The molecule has 0 saturated carbocycles. The van der Waals surface area contributed by atoms with Gasteiger partial charge in [0.15, 0.2) is 12.2 Å². The number of esters is 4. The number of rotatable bonds is 71. The summed E-state index contributed by atoms with van der Waals surface area (Å²) in [4.78, 5) is 72.6. The van der Waals surface area contributed by atoms with E-state index in [1.165, 1.54) is 167 Å². The van der Waals surface area contributed by atoms with Crippen molar-refractivity contribution >= 4 is 39.5 Å². The topological polar surface area (TPSA) is 237 Å². The van der Waals surface area contributed by atoms with Crippen molar-refractivity contribution in [1.82, 2.24) is 0 Å².